The van der Waals surface area contributed by atoms with Crippen LogP contribution in [0.5, 0.6) is 0 Å². The van der Waals surface area contributed by atoms with Crippen LogP contribution in [0.25, 0.3) is 0 Å². The molecule has 150 valence electrons. The maximum Gasteiger partial charge on any atom is 0.241 e. The first-order valence-electron chi connectivity index (χ1n) is 8.97. The van der Waals surface area contributed by atoms with Crippen molar-refractivity contribution in [1.82, 2.24) is 4.98 Å². The van der Waals surface area contributed by atoms with Crippen LogP contribution < -0.4 is 16.0 Å². The summed E-state index contributed by atoms with van der Waals surface area (Å²) in [5, 5.41) is 4.89. The molecule has 2 aromatic rings. The first-order chi connectivity index (χ1) is 13.1. The van der Waals surface area contributed by atoms with Gasteiger partial charge in [-0.2, -0.15) is 0 Å². The van der Waals surface area contributed by atoms with E-state index >= 15 is 0 Å². The molecule has 3 N–H and O–H groups in total. The van der Waals surface area contributed by atoms with Crippen LogP contribution in [0.3, 0.4) is 0 Å². The molecule has 8 heteroatoms. The summed E-state index contributed by atoms with van der Waals surface area (Å²) in [4.78, 5) is 42.9. The average molecular weight is 403 g/mol. The second-order valence-electron chi connectivity index (χ2n) is 7.66. The van der Waals surface area contributed by atoms with E-state index in [1.54, 1.807) is 17.6 Å². The quantitative estimate of drug-likeness (QED) is 0.742. The predicted octanol–water partition coefficient (Wildman–Crippen LogP) is 3.10. The Morgan fingerprint density at radius 1 is 1.25 bits per heavy atom. The molecule has 0 aliphatic carbocycles. The summed E-state index contributed by atoms with van der Waals surface area (Å²) < 4.78 is 0. The number of nitrogens with zero attached hydrogens (tertiary/aromatic N) is 2. The van der Waals surface area contributed by atoms with Crippen molar-refractivity contribution in [2.45, 2.75) is 46.6 Å². The molecule has 28 heavy (non-hydrogen) atoms. The number of primary amides is 1. The molecule has 1 atom stereocenters. The van der Waals surface area contributed by atoms with E-state index in [0.717, 1.165) is 5.56 Å². The molecule has 1 heterocycles. The summed E-state index contributed by atoms with van der Waals surface area (Å²) >= 11 is 1.30. The summed E-state index contributed by atoms with van der Waals surface area (Å²) in [6.07, 6.45) is 1.52. The van der Waals surface area contributed by atoms with Gasteiger partial charge in [0.15, 0.2) is 5.13 Å². The van der Waals surface area contributed by atoms with Crippen molar-refractivity contribution in [3.8, 4) is 0 Å². The van der Waals surface area contributed by atoms with Gasteiger partial charge in [0.25, 0.3) is 0 Å². The minimum atomic E-state index is -0.844. The van der Waals surface area contributed by atoms with Crippen molar-refractivity contribution in [3.63, 3.8) is 0 Å². The van der Waals surface area contributed by atoms with E-state index in [4.69, 9.17) is 5.73 Å². The summed E-state index contributed by atoms with van der Waals surface area (Å²) in [5.41, 5.74) is 6.63. The van der Waals surface area contributed by atoms with Gasteiger partial charge in [-0.25, -0.2) is 4.98 Å². The van der Waals surface area contributed by atoms with Crippen LogP contribution in [0.15, 0.2) is 35.8 Å². The number of nitrogens with two attached hydrogens (primary N) is 1. The van der Waals surface area contributed by atoms with Gasteiger partial charge in [0, 0.05) is 30.1 Å². The molecular weight excluding hydrogens is 376 g/mol. The first kappa shape index (κ1) is 21.6. The topological polar surface area (TPSA) is 105 Å². The fourth-order valence-electron chi connectivity index (χ4n) is 2.96. The Hall–Kier alpha value is -2.74. The first-order valence-corrected chi connectivity index (χ1v) is 9.85. The van der Waals surface area contributed by atoms with E-state index in [0.29, 0.717) is 10.8 Å². The number of hydrogen-bond acceptors (Lipinski definition) is 5. The molecule has 1 unspecified atom stereocenters. The Morgan fingerprint density at radius 2 is 1.96 bits per heavy atom. The molecule has 2 rings (SSSR count). The summed E-state index contributed by atoms with van der Waals surface area (Å²) in [6, 6.07) is 6.48. The zero-order valence-corrected chi connectivity index (χ0v) is 17.4. The van der Waals surface area contributed by atoms with Gasteiger partial charge in [-0.05, 0) is 30.0 Å². The number of carbonyl (C=O) groups excluding carboxylic acids is 3. The standard InChI is InChI=1S/C20H26N4O3S/c1-13-6-5-7-14(12-13)24(17(18(21)27)20(2,3)4)16(26)9-8-15(25)23-19-22-10-11-28-19/h5-7,10-12,17H,8-9H2,1-4H3,(H2,21,27)(H,22,23,25). The van der Waals surface area contributed by atoms with Crippen molar-refractivity contribution in [2.24, 2.45) is 11.1 Å². The van der Waals surface area contributed by atoms with Gasteiger partial charge in [0.2, 0.25) is 17.7 Å². The van der Waals surface area contributed by atoms with E-state index in [-0.39, 0.29) is 24.7 Å². The fraction of sp³-hybridized carbons (Fsp3) is 0.400. The van der Waals surface area contributed by atoms with Crippen LogP contribution >= 0.6 is 11.3 Å². The smallest absolute Gasteiger partial charge is 0.241 e. The SMILES string of the molecule is Cc1cccc(N(C(=O)CCC(=O)Nc2nccs2)C(C(N)=O)C(C)(C)C)c1. The molecule has 1 aromatic carbocycles. The zero-order valence-electron chi connectivity index (χ0n) is 16.6. The number of thiazole rings is 1. The molecule has 0 bridgehead atoms. The molecule has 0 fully saturated rings. The zero-order chi connectivity index (χ0) is 20.9. The molecule has 0 aliphatic rings. The lowest BCUT2D eigenvalue weighted by atomic mass is 9.84. The third-order valence-electron chi connectivity index (χ3n) is 4.14. The Bertz CT molecular complexity index is 843. The van der Waals surface area contributed by atoms with Crippen molar-refractivity contribution in [1.29, 1.82) is 0 Å². The highest BCUT2D eigenvalue weighted by Gasteiger charge is 2.38. The third kappa shape index (κ3) is 5.63. The minimum absolute atomic E-state index is 0.0175. The fourth-order valence-corrected chi connectivity index (χ4v) is 3.51. The number of carbonyl (C=O) groups is 3. The number of amides is 3. The maximum absolute atomic E-state index is 13.1. The lowest BCUT2D eigenvalue weighted by Gasteiger charge is -2.38. The second kappa shape index (κ2) is 8.97. The molecule has 1 aromatic heterocycles. The van der Waals surface area contributed by atoms with Gasteiger partial charge in [-0.15, -0.1) is 11.3 Å². The number of anilines is 2. The average Bonchev–Trinajstić information content (AvgIpc) is 3.08. The third-order valence-corrected chi connectivity index (χ3v) is 4.83. The van der Waals surface area contributed by atoms with E-state index in [2.05, 4.69) is 10.3 Å². The van der Waals surface area contributed by atoms with Crippen LogP contribution in [0.1, 0.15) is 39.2 Å². The normalized spacial score (nSPS) is 12.3. The van der Waals surface area contributed by atoms with Crippen LogP contribution in [-0.2, 0) is 14.4 Å². The van der Waals surface area contributed by atoms with Crippen molar-refractivity contribution in [2.75, 3.05) is 10.2 Å². The number of aryl methyl sites for hydroxylation is 1. The molecule has 3 amide bonds. The minimum Gasteiger partial charge on any atom is -0.368 e. The number of benzene rings is 1. The van der Waals surface area contributed by atoms with E-state index < -0.39 is 17.4 Å². The molecule has 0 saturated heterocycles. The molecular formula is C20H26N4O3S. The van der Waals surface area contributed by atoms with Crippen molar-refractivity contribution in [3.05, 3.63) is 41.4 Å². The van der Waals surface area contributed by atoms with Crippen LogP contribution in [0.2, 0.25) is 0 Å². The number of nitrogens with one attached hydrogen (secondary N) is 1. The van der Waals surface area contributed by atoms with Crippen LogP contribution in [-0.4, -0.2) is 28.7 Å². The highest BCUT2D eigenvalue weighted by atomic mass is 32.1. The Balaban J connectivity index is 2.23. The van der Waals surface area contributed by atoms with Gasteiger partial charge in [0.1, 0.15) is 6.04 Å². The van der Waals surface area contributed by atoms with Crippen LogP contribution in [0, 0.1) is 12.3 Å². The summed E-state index contributed by atoms with van der Waals surface area (Å²) in [7, 11) is 0. The monoisotopic (exact) mass is 402 g/mol. The van der Waals surface area contributed by atoms with E-state index in [1.807, 2.05) is 45.9 Å². The molecule has 0 aliphatic heterocycles. The molecule has 7 nitrogen and oxygen atoms in total. The van der Waals surface area contributed by atoms with Crippen molar-refractivity contribution < 1.29 is 14.4 Å². The second-order valence-corrected chi connectivity index (χ2v) is 8.55. The molecule has 0 saturated carbocycles. The van der Waals surface area contributed by atoms with Gasteiger partial charge >= 0.3 is 0 Å². The van der Waals surface area contributed by atoms with Crippen LogP contribution in [0.4, 0.5) is 10.8 Å². The lowest BCUT2D eigenvalue weighted by Crippen LogP contribution is -2.55. The maximum atomic E-state index is 13.1. The van der Waals surface area contributed by atoms with Gasteiger partial charge in [0.05, 0.1) is 0 Å². The van der Waals surface area contributed by atoms with Crippen molar-refractivity contribution >= 4 is 39.9 Å². The molecule has 0 spiro atoms. The Morgan fingerprint density at radius 3 is 2.50 bits per heavy atom. The van der Waals surface area contributed by atoms with Gasteiger partial charge in [-0.1, -0.05) is 32.9 Å². The lowest BCUT2D eigenvalue weighted by molar-refractivity contribution is -0.127. The van der Waals surface area contributed by atoms with E-state index in [1.165, 1.54) is 16.2 Å². The molecule has 0 radical (unpaired) electrons. The van der Waals surface area contributed by atoms with E-state index in [9.17, 15) is 14.4 Å². The van der Waals surface area contributed by atoms with Gasteiger partial charge < -0.3 is 11.1 Å². The Labute approximate surface area is 168 Å². The highest BCUT2D eigenvalue weighted by Crippen LogP contribution is 2.30. The number of rotatable bonds is 7. The number of aromatic nitrogens is 1. The highest BCUT2D eigenvalue weighted by molar-refractivity contribution is 7.13. The predicted molar refractivity (Wildman–Crippen MR) is 111 cm³/mol. The largest absolute Gasteiger partial charge is 0.368 e. The van der Waals surface area contributed by atoms with Gasteiger partial charge in [-0.3, -0.25) is 19.3 Å². The number of hydrogen-bond donors (Lipinski definition) is 2. The Kier molecular flexibility index (Phi) is 6.90. The summed E-state index contributed by atoms with van der Waals surface area (Å²) in [6.45, 7) is 7.47. The summed E-state index contributed by atoms with van der Waals surface area (Å²) in [5.74, 6) is -1.23.